The molecule has 0 unspecified atom stereocenters. The van der Waals surface area contributed by atoms with E-state index >= 15 is 0 Å². The van der Waals surface area contributed by atoms with Gasteiger partial charge in [-0.05, 0) is 24.3 Å². The first-order chi connectivity index (χ1) is 11.4. The summed E-state index contributed by atoms with van der Waals surface area (Å²) in [6.45, 7) is 0. The van der Waals surface area contributed by atoms with Gasteiger partial charge in [-0.25, -0.2) is 17.9 Å². The number of esters is 1. The SMILES string of the molecule is COC(=O)c1ccncc1NS(=O)(=O)c1ccc2c(c1)nnn2C. The lowest BCUT2D eigenvalue weighted by Crippen LogP contribution is -2.16. The third-order valence-corrected chi connectivity index (χ3v) is 4.73. The Labute approximate surface area is 137 Å². The fourth-order valence-corrected chi connectivity index (χ4v) is 3.24. The van der Waals surface area contributed by atoms with E-state index in [0.717, 1.165) is 0 Å². The molecule has 0 saturated carbocycles. The Kier molecular flexibility index (Phi) is 3.89. The molecule has 3 rings (SSSR count). The van der Waals surface area contributed by atoms with Crippen LogP contribution in [-0.2, 0) is 21.8 Å². The summed E-state index contributed by atoms with van der Waals surface area (Å²) in [5, 5.41) is 7.72. The minimum atomic E-state index is -3.93. The average molecular weight is 347 g/mol. The normalized spacial score (nSPS) is 11.4. The molecule has 1 N–H and O–H groups in total. The molecule has 24 heavy (non-hydrogen) atoms. The smallest absolute Gasteiger partial charge is 0.340 e. The van der Waals surface area contributed by atoms with Crippen LogP contribution in [0.3, 0.4) is 0 Å². The summed E-state index contributed by atoms with van der Waals surface area (Å²) in [5.41, 5.74) is 1.24. The van der Waals surface area contributed by atoms with Crippen molar-refractivity contribution >= 4 is 32.7 Å². The topological polar surface area (TPSA) is 116 Å². The second-order valence-electron chi connectivity index (χ2n) is 4.88. The Morgan fingerprint density at radius 2 is 2.08 bits per heavy atom. The number of nitrogens with one attached hydrogen (secondary N) is 1. The summed E-state index contributed by atoms with van der Waals surface area (Å²) >= 11 is 0. The number of carbonyl (C=O) groups excluding carboxylic acids is 1. The van der Waals surface area contributed by atoms with Gasteiger partial charge < -0.3 is 4.74 Å². The van der Waals surface area contributed by atoms with Crippen LogP contribution in [-0.4, -0.2) is 41.5 Å². The molecule has 10 heteroatoms. The minimum Gasteiger partial charge on any atom is -0.465 e. The molecule has 2 aromatic heterocycles. The third kappa shape index (κ3) is 2.78. The van der Waals surface area contributed by atoms with Crippen LogP contribution < -0.4 is 4.72 Å². The van der Waals surface area contributed by atoms with Crippen LogP contribution in [0, 0.1) is 0 Å². The summed E-state index contributed by atoms with van der Waals surface area (Å²) in [5.74, 6) is -0.667. The van der Waals surface area contributed by atoms with Gasteiger partial charge >= 0.3 is 5.97 Å². The molecule has 0 fully saturated rings. The van der Waals surface area contributed by atoms with Gasteiger partial charge in [0.1, 0.15) is 5.52 Å². The molecular weight excluding hydrogens is 334 g/mol. The van der Waals surface area contributed by atoms with Crippen molar-refractivity contribution in [2.24, 2.45) is 7.05 Å². The molecule has 0 radical (unpaired) electrons. The fourth-order valence-electron chi connectivity index (χ4n) is 2.16. The molecule has 2 heterocycles. The van der Waals surface area contributed by atoms with E-state index in [0.29, 0.717) is 11.0 Å². The highest BCUT2D eigenvalue weighted by atomic mass is 32.2. The summed E-state index contributed by atoms with van der Waals surface area (Å²) in [7, 11) is -1.01. The maximum atomic E-state index is 12.6. The van der Waals surface area contributed by atoms with Crippen LogP contribution in [0.5, 0.6) is 0 Å². The van der Waals surface area contributed by atoms with Gasteiger partial charge in [0.2, 0.25) is 0 Å². The summed E-state index contributed by atoms with van der Waals surface area (Å²) in [6, 6.07) is 5.81. The molecular formula is C14H13N5O4S. The van der Waals surface area contributed by atoms with Crippen LogP contribution >= 0.6 is 0 Å². The van der Waals surface area contributed by atoms with Crippen LogP contribution in [0.15, 0.2) is 41.6 Å². The zero-order valence-corrected chi connectivity index (χ0v) is 13.6. The molecule has 0 aliphatic rings. The van der Waals surface area contributed by atoms with Crippen molar-refractivity contribution in [3.8, 4) is 0 Å². The zero-order chi connectivity index (χ0) is 17.3. The van der Waals surface area contributed by atoms with Gasteiger partial charge in [-0.1, -0.05) is 5.21 Å². The van der Waals surface area contributed by atoms with Crippen molar-refractivity contribution < 1.29 is 17.9 Å². The number of hydrogen-bond acceptors (Lipinski definition) is 7. The first-order valence-corrected chi connectivity index (χ1v) is 8.25. The first kappa shape index (κ1) is 15.9. The van der Waals surface area contributed by atoms with Crippen molar-refractivity contribution in [3.63, 3.8) is 0 Å². The molecule has 3 aromatic rings. The number of aryl methyl sites for hydroxylation is 1. The van der Waals surface area contributed by atoms with Crippen molar-refractivity contribution in [2.45, 2.75) is 4.90 Å². The molecule has 0 bridgehead atoms. The van der Waals surface area contributed by atoms with E-state index in [2.05, 4.69) is 24.8 Å². The van der Waals surface area contributed by atoms with Gasteiger partial charge in [-0.2, -0.15) is 0 Å². The molecule has 124 valence electrons. The minimum absolute atomic E-state index is 0.00447. The largest absolute Gasteiger partial charge is 0.465 e. The number of anilines is 1. The van der Waals surface area contributed by atoms with E-state index in [1.165, 1.54) is 42.4 Å². The number of ether oxygens (including phenoxy) is 1. The van der Waals surface area contributed by atoms with E-state index in [4.69, 9.17) is 0 Å². The van der Waals surface area contributed by atoms with E-state index in [9.17, 15) is 13.2 Å². The molecule has 1 aromatic carbocycles. The Balaban J connectivity index is 2.00. The zero-order valence-electron chi connectivity index (χ0n) is 12.8. The number of carbonyl (C=O) groups is 1. The van der Waals surface area contributed by atoms with Crippen molar-refractivity contribution in [1.29, 1.82) is 0 Å². The number of pyridine rings is 1. The van der Waals surface area contributed by atoms with Gasteiger partial charge in [0, 0.05) is 13.2 Å². The molecule has 0 spiro atoms. The number of fused-ring (bicyclic) bond motifs is 1. The molecule has 0 amide bonds. The maximum Gasteiger partial charge on any atom is 0.340 e. The number of benzene rings is 1. The summed E-state index contributed by atoms with van der Waals surface area (Å²) in [6.07, 6.45) is 2.61. The van der Waals surface area contributed by atoms with Gasteiger partial charge in [-0.3, -0.25) is 9.71 Å². The lowest BCUT2D eigenvalue weighted by Gasteiger charge is -2.11. The van der Waals surface area contributed by atoms with Crippen molar-refractivity contribution in [3.05, 3.63) is 42.2 Å². The molecule has 0 aliphatic carbocycles. The number of aromatic nitrogens is 4. The second-order valence-corrected chi connectivity index (χ2v) is 6.56. The van der Waals surface area contributed by atoms with E-state index < -0.39 is 16.0 Å². The molecule has 0 aliphatic heterocycles. The Morgan fingerprint density at radius 1 is 1.29 bits per heavy atom. The maximum absolute atomic E-state index is 12.6. The summed E-state index contributed by atoms with van der Waals surface area (Å²) < 4.78 is 33.7. The lowest BCUT2D eigenvalue weighted by atomic mass is 10.2. The monoisotopic (exact) mass is 347 g/mol. The first-order valence-electron chi connectivity index (χ1n) is 6.77. The predicted octanol–water partition coefficient (Wildman–Crippen LogP) is 0.951. The highest BCUT2D eigenvalue weighted by Crippen LogP contribution is 2.22. The van der Waals surface area contributed by atoms with Crippen molar-refractivity contribution in [1.82, 2.24) is 20.0 Å². The number of nitrogens with zero attached hydrogens (tertiary/aromatic N) is 4. The number of methoxy groups -OCH3 is 1. The van der Waals surface area contributed by atoms with E-state index in [-0.39, 0.29) is 16.1 Å². The van der Waals surface area contributed by atoms with Crippen LogP contribution in [0.2, 0.25) is 0 Å². The van der Waals surface area contributed by atoms with Gasteiger partial charge in [0.25, 0.3) is 10.0 Å². The van der Waals surface area contributed by atoms with Crippen LogP contribution in [0.4, 0.5) is 5.69 Å². The van der Waals surface area contributed by atoms with E-state index in [1.807, 2.05) is 0 Å². The Hall–Kier alpha value is -3.01. The Bertz CT molecular complexity index is 1030. The fraction of sp³-hybridized carbons (Fsp3) is 0.143. The van der Waals surface area contributed by atoms with Crippen molar-refractivity contribution in [2.75, 3.05) is 11.8 Å². The van der Waals surface area contributed by atoms with Crippen LogP contribution in [0.25, 0.3) is 11.0 Å². The number of rotatable bonds is 4. The predicted molar refractivity (Wildman–Crippen MR) is 84.9 cm³/mol. The summed E-state index contributed by atoms with van der Waals surface area (Å²) in [4.78, 5) is 15.6. The van der Waals surface area contributed by atoms with E-state index in [1.54, 1.807) is 13.1 Å². The van der Waals surface area contributed by atoms with Gasteiger partial charge in [-0.15, -0.1) is 5.10 Å². The number of sulfonamides is 1. The molecule has 0 saturated heterocycles. The van der Waals surface area contributed by atoms with Crippen LogP contribution in [0.1, 0.15) is 10.4 Å². The highest BCUT2D eigenvalue weighted by Gasteiger charge is 2.20. The molecule has 9 nitrogen and oxygen atoms in total. The highest BCUT2D eigenvalue weighted by molar-refractivity contribution is 7.92. The molecule has 0 atom stereocenters. The third-order valence-electron chi connectivity index (χ3n) is 3.36. The lowest BCUT2D eigenvalue weighted by molar-refractivity contribution is 0.0602. The second kappa shape index (κ2) is 5.89. The van der Waals surface area contributed by atoms with Gasteiger partial charge in [0.05, 0.1) is 35.0 Å². The average Bonchev–Trinajstić information content (AvgIpc) is 2.95. The van der Waals surface area contributed by atoms with Gasteiger partial charge in [0.15, 0.2) is 0 Å². The number of hydrogen-bond donors (Lipinski definition) is 1. The standard InChI is InChI=1S/C14H13N5O4S/c1-19-13-4-3-9(7-11(13)16-18-19)24(21,22)17-12-8-15-6-5-10(12)14(20)23-2/h3-8,17H,1-2H3. The Morgan fingerprint density at radius 3 is 2.83 bits per heavy atom. The quantitative estimate of drug-likeness (QED) is 0.698.